The maximum Gasteiger partial charge on any atom is 0.389 e. The molecule has 0 aliphatic heterocycles. The van der Waals surface area contributed by atoms with Crippen LogP contribution in [0.15, 0.2) is 24.3 Å². The second-order valence-corrected chi connectivity index (χ2v) is 6.25. The van der Waals surface area contributed by atoms with Crippen molar-refractivity contribution < 1.29 is 21.6 Å². The fourth-order valence-electron chi connectivity index (χ4n) is 1.58. The third-order valence-electron chi connectivity index (χ3n) is 2.64. The van der Waals surface area contributed by atoms with Crippen molar-refractivity contribution in [3.63, 3.8) is 0 Å². The molecule has 0 aliphatic carbocycles. The molecule has 110 valence electrons. The first-order valence-electron chi connectivity index (χ1n) is 5.70. The molecule has 0 heterocycles. The Morgan fingerprint density at radius 3 is 2.45 bits per heavy atom. The molecule has 0 unspecified atom stereocenters. The summed E-state index contributed by atoms with van der Waals surface area (Å²) >= 11 is 0. The van der Waals surface area contributed by atoms with Crippen LogP contribution in [0.2, 0.25) is 0 Å². The van der Waals surface area contributed by atoms with E-state index in [1.165, 1.54) is 19.2 Å². The van der Waals surface area contributed by atoms with Gasteiger partial charge in [0.1, 0.15) is 6.07 Å². The Morgan fingerprint density at radius 2 is 1.90 bits per heavy atom. The van der Waals surface area contributed by atoms with Gasteiger partial charge in [-0.05, 0) is 18.6 Å². The molecule has 1 rings (SSSR count). The van der Waals surface area contributed by atoms with E-state index in [9.17, 15) is 21.6 Å². The van der Waals surface area contributed by atoms with E-state index >= 15 is 0 Å². The van der Waals surface area contributed by atoms with Gasteiger partial charge in [0, 0.05) is 13.5 Å². The lowest BCUT2D eigenvalue weighted by molar-refractivity contribution is -0.134. The second-order valence-electron chi connectivity index (χ2n) is 4.13. The molecule has 0 N–H and O–H groups in total. The van der Waals surface area contributed by atoms with Gasteiger partial charge in [-0.15, -0.1) is 0 Å². The van der Waals surface area contributed by atoms with Gasteiger partial charge in [-0.2, -0.15) is 18.4 Å². The standard InChI is InChI=1S/C12H13F3N2O2S/c1-17(11-6-3-2-5-10(11)9-16)20(18,19)8-4-7-12(13,14)15/h2-3,5-6H,4,7-8H2,1H3. The topological polar surface area (TPSA) is 61.2 Å². The van der Waals surface area contributed by atoms with E-state index in [1.807, 2.05) is 6.07 Å². The highest BCUT2D eigenvalue weighted by molar-refractivity contribution is 7.92. The molecule has 0 aromatic heterocycles. The zero-order chi connectivity index (χ0) is 15.4. The molecule has 1 aromatic rings. The molecule has 0 aliphatic rings. The number of benzene rings is 1. The van der Waals surface area contributed by atoms with E-state index in [4.69, 9.17) is 5.26 Å². The monoisotopic (exact) mass is 306 g/mol. The molecule has 0 bridgehead atoms. The third kappa shape index (κ3) is 4.42. The minimum absolute atomic E-state index is 0.148. The first-order chi connectivity index (χ1) is 9.17. The summed E-state index contributed by atoms with van der Waals surface area (Å²) in [5.74, 6) is -0.622. The van der Waals surface area contributed by atoms with Crippen LogP contribution in [0.3, 0.4) is 0 Å². The van der Waals surface area contributed by atoms with Gasteiger partial charge in [0.2, 0.25) is 10.0 Å². The first-order valence-corrected chi connectivity index (χ1v) is 7.31. The van der Waals surface area contributed by atoms with Crippen LogP contribution in [-0.4, -0.2) is 27.4 Å². The van der Waals surface area contributed by atoms with Crippen molar-refractivity contribution in [2.75, 3.05) is 17.1 Å². The molecule has 0 saturated heterocycles. The highest BCUT2D eigenvalue weighted by Gasteiger charge is 2.28. The van der Waals surface area contributed by atoms with Crippen LogP contribution in [0.5, 0.6) is 0 Å². The average Bonchev–Trinajstić information content (AvgIpc) is 2.36. The Balaban J connectivity index is 2.85. The number of hydrogen-bond donors (Lipinski definition) is 0. The number of anilines is 1. The Morgan fingerprint density at radius 1 is 1.30 bits per heavy atom. The molecule has 1 aromatic carbocycles. The first kappa shape index (κ1) is 16.3. The van der Waals surface area contributed by atoms with Crippen molar-refractivity contribution in [1.82, 2.24) is 0 Å². The Hall–Kier alpha value is -1.75. The van der Waals surface area contributed by atoms with Crippen molar-refractivity contribution in [3.8, 4) is 6.07 Å². The van der Waals surface area contributed by atoms with Crippen molar-refractivity contribution in [1.29, 1.82) is 5.26 Å². The van der Waals surface area contributed by atoms with Gasteiger partial charge in [-0.3, -0.25) is 4.31 Å². The minimum atomic E-state index is -4.38. The lowest BCUT2D eigenvalue weighted by Crippen LogP contribution is -2.30. The maximum atomic E-state index is 12.0. The molecule has 4 nitrogen and oxygen atoms in total. The summed E-state index contributed by atoms with van der Waals surface area (Å²) in [7, 11) is -2.66. The summed E-state index contributed by atoms with van der Waals surface area (Å²) in [4.78, 5) is 0. The van der Waals surface area contributed by atoms with E-state index in [0.29, 0.717) is 0 Å². The third-order valence-corrected chi connectivity index (χ3v) is 4.48. The quantitative estimate of drug-likeness (QED) is 0.840. The maximum absolute atomic E-state index is 12.0. The van der Waals surface area contributed by atoms with Crippen LogP contribution < -0.4 is 4.31 Å². The molecule has 0 amide bonds. The van der Waals surface area contributed by atoms with Gasteiger partial charge in [0.05, 0.1) is 17.0 Å². The summed E-state index contributed by atoms with van der Waals surface area (Å²) in [5.41, 5.74) is 0.302. The highest BCUT2D eigenvalue weighted by Crippen LogP contribution is 2.24. The van der Waals surface area contributed by atoms with Crippen LogP contribution >= 0.6 is 0 Å². The van der Waals surface area contributed by atoms with Crippen LogP contribution in [0, 0.1) is 11.3 Å². The van der Waals surface area contributed by atoms with E-state index < -0.39 is 34.8 Å². The van der Waals surface area contributed by atoms with Gasteiger partial charge in [-0.1, -0.05) is 12.1 Å². The molecule has 8 heteroatoms. The van der Waals surface area contributed by atoms with Crippen LogP contribution in [0.1, 0.15) is 18.4 Å². The van der Waals surface area contributed by atoms with Gasteiger partial charge < -0.3 is 0 Å². The zero-order valence-electron chi connectivity index (χ0n) is 10.7. The van der Waals surface area contributed by atoms with Gasteiger partial charge >= 0.3 is 6.18 Å². The van der Waals surface area contributed by atoms with Gasteiger partial charge in [0.15, 0.2) is 0 Å². The predicted molar refractivity (Wildman–Crippen MR) is 68.6 cm³/mol. The zero-order valence-corrected chi connectivity index (χ0v) is 11.5. The fraction of sp³-hybridized carbons (Fsp3) is 0.417. The number of halogens is 3. The summed E-state index contributed by atoms with van der Waals surface area (Å²) in [6.07, 6.45) is -6.04. The largest absolute Gasteiger partial charge is 0.389 e. The highest BCUT2D eigenvalue weighted by atomic mass is 32.2. The smallest absolute Gasteiger partial charge is 0.272 e. The summed E-state index contributed by atoms with van der Waals surface area (Å²) in [5, 5.41) is 8.90. The molecule has 0 saturated carbocycles. The predicted octanol–water partition coefficient (Wildman–Crippen LogP) is 2.67. The SMILES string of the molecule is CN(c1ccccc1C#N)S(=O)(=O)CCCC(F)(F)F. The van der Waals surface area contributed by atoms with Crippen LogP contribution in [0.4, 0.5) is 18.9 Å². The van der Waals surface area contributed by atoms with Gasteiger partial charge in [-0.25, -0.2) is 8.42 Å². The average molecular weight is 306 g/mol. The Kier molecular flexibility index (Phi) is 5.00. The lowest BCUT2D eigenvalue weighted by Gasteiger charge is -2.20. The molecular weight excluding hydrogens is 293 g/mol. The summed E-state index contributed by atoms with van der Waals surface area (Å²) < 4.78 is 60.8. The molecule has 0 spiro atoms. The molecule has 20 heavy (non-hydrogen) atoms. The van der Waals surface area contributed by atoms with E-state index in [-0.39, 0.29) is 11.3 Å². The normalized spacial score (nSPS) is 11.9. The Bertz CT molecular complexity index is 606. The summed E-state index contributed by atoms with van der Waals surface area (Å²) in [6, 6.07) is 7.84. The number of hydrogen-bond acceptors (Lipinski definition) is 3. The number of rotatable bonds is 5. The number of sulfonamides is 1. The molecule has 0 radical (unpaired) electrons. The Labute approximate surface area is 115 Å². The molecule has 0 atom stereocenters. The van der Waals surface area contributed by atoms with Crippen molar-refractivity contribution >= 4 is 15.7 Å². The van der Waals surface area contributed by atoms with Crippen molar-refractivity contribution in [2.45, 2.75) is 19.0 Å². The van der Waals surface area contributed by atoms with E-state index in [0.717, 1.165) is 4.31 Å². The molecular formula is C12H13F3N2O2S. The number of alkyl halides is 3. The van der Waals surface area contributed by atoms with E-state index in [2.05, 4.69) is 0 Å². The number of nitrogens with zero attached hydrogens (tertiary/aromatic N) is 2. The van der Waals surface area contributed by atoms with Crippen molar-refractivity contribution in [3.05, 3.63) is 29.8 Å². The number of nitriles is 1. The van der Waals surface area contributed by atoms with Gasteiger partial charge in [0.25, 0.3) is 0 Å². The van der Waals surface area contributed by atoms with E-state index in [1.54, 1.807) is 12.1 Å². The second kappa shape index (κ2) is 6.13. The van der Waals surface area contributed by atoms with Crippen molar-refractivity contribution in [2.24, 2.45) is 0 Å². The fourth-order valence-corrected chi connectivity index (χ4v) is 2.83. The summed E-state index contributed by atoms with van der Waals surface area (Å²) in [6.45, 7) is 0. The molecule has 0 fully saturated rings. The lowest BCUT2D eigenvalue weighted by atomic mass is 10.2. The minimum Gasteiger partial charge on any atom is -0.272 e. The van der Waals surface area contributed by atoms with Crippen LogP contribution in [0.25, 0.3) is 0 Å². The number of para-hydroxylation sites is 1. The van der Waals surface area contributed by atoms with Crippen LogP contribution in [-0.2, 0) is 10.0 Å².